The van der Waals surface area contributed by atoms with Gasteiger partial charge in [0.05, 0.1) is 0 Å². The molecule has 27 heavy (non-hydrogen) atoms. The number of ether oxygens (including phenoxy) is 1. The summed E-state index contributed by atoms with van der Waals surface area (Å²) in [7, 11) is 0. The molecule has 0 aliphatic carbocycles. The van der Waals surface area contributed by atoms with E-state index in [2.05, 4.69) is 36.5 Å². The quantitative estimate of drug-likeness (QED) is 0.767. The molecule has 1 N–H and O–H groups in total. The molecule has 1 aliphatic rings. The van der Waals surface area contributed by atoms with Crippen molar-refractivity contribution in [3.05, 3.63) is 60.2 Å². The van der Waals surface area contributed by atoms with E-state index in [0.29, 0.717) is 12.6 Å². The highest BCUT2D eigenvalue weighted by Gasteiger charge is 2.25. The van der Waals surface area contributed by atoms with Crippen molar-refractivity contribution in [2.75, 3.05) is 19.6 Å². The number of rotatable bonds is 6. The molecule has 0 unspecified atom stereocenters. The normalized spacial score (nSPS) is 14.3. The average Bonchev–Trinajstić information content (AvgIpc) is 2.72. The van der Waals surface area contributed by atoms with Gasteiger partial charge in [-0.25, -0.2) is 4.79 Å². The van der Waals surface area contributed by atoms with Gasteiger partial charge in [0.2, 0.25) is 0 Å². The molecule has 4 nitrogen and oxygen atoms in total. The maximum atomic E-state index is 12.6. The Morgan fingerprint density at radius 1 is 1.04 bits per heavy atom. The minimum absolute atomic E-state index is 0. The summed E-state index contributed by atoms with van der Waals surface area (Å²) in [6.07, 6.45) is 2.76. The van der Waals surface area contributed by atoms with Crippen LogP contribution in [0, 0.1) is 0 Å². The van der Waals surface area contributed by atoms with Crippen molar-refractivity contribution in [1.82, 2.24) is 10.2 Å². The van der Waals surface area contributed by atoms with Gasteiger partial charge in [0.25, 0.3) is 0 Å². The zero-order chi connectivity index (χ0) is 18.2. The van der Waals surface area contributed by atoms with E-state index in [9.17, 15) is 4.79 Å². The molecule has 5 heteroatoms. The number of benzene rings is 2. The molecule has 0 bridgehead atoms. The minimum atomic E-state index is -0.189. The highest BCUT2D eigenvalue weighted by molar-refractivity contribution is 5.85. The van der Waals surface area contributed by atoms with Crippen LogP contribution in [0.15, 0.2) is 54.6 Å². The van der Waals surface area contributed by atoms with Crippen LogP contribution in [-0.2, 0) is 11.3 Å². The molecule has 0 aromatic heterocycles. The zero-order valence-corrected chi connectivity index (χ0v) is 16.7. The van der Waals surface area contributed by atoms with Crippen molar-refractivity contribution in [3.8, 4) is 11.1 Å². The Balaban J connectivity index is 0.00000261. The molecular weight excluding hydrogens is 360 g/mol. The summed E-state index contributed by atoms with van der Waals surface area (Å²) < 4.78 is 5.61. The lowest BCUT2D eigenvalue weighted by molar-refractivity contribution is 0.0734. The van der Waals surface area contributed by atoms with Crippen molar-refractivity contribution in [2.45, 2.75) is 38.8 Å². The monoisotopic (exact) mass is 388 g/mol. The van der Waals surface area contributed by atoms with Crippen LogP contribution in [0.5, 0.6) is 0 Å². The van der Waals surface area contributed by atoms with Gasteiger partial charge < -0.3 is 15.0 Å². The summed E-state index contributed by atoms with van der Waals surface area (Å²) in [5.74, 6) is 0. The van der Waals surface area contributed by atoms with E-state index >= 15 is 0 Å². The molecule has 1 aliphatic heterocycles. The number of carbonyl (C=O) groups is 1. The van der Waals surface area contributed by atoms with Crippen LogP contribution in [0.1, 0.15) is 31.7 Å². The first-order chi connectivity index (χ1) is 12.8. The number of halogens is 1. The van der Waals surface area contributed by atoms with E-state index in [1.807, 2.05) is 35.2 Å². The number of nitrogens with zero attached hydrogens (tertiary/aromatic N) is 1. The van der Waals surface area contributed by atoms with Gasteiger partial charge in [0.15, 0.2) is 0 Å². The standard InChI is InChI=1S/C22H28N2O2.ClH/c1-2-16-24(21-12-14-23-15-13-21)22(25)26-17-18-8-10-20(11-9-18)19-6-4-3-5-7-19;/h3-11,21,23H,2,12-17H2,1H3;1H. The lowest BCUT2D eigenvalue weighted by Gasteiger charge is -2.33. The predicted molar refractivity (Wildman–Crippen MR) is 112 cm³/mol. The van der Waals surface area contributed by atoms with Crippen LogP contribution >= 0.6 is 12.4 Å². The van der Waals surface area contributed by atoms with Crippen molar-refractivity contribution in [1.29, 1.82) is 0 Å². The second-order valence-electron chi connectivity index (χ2n) is 6.79. The third-order valence-corrected chi connectivity index (χ3v) is 4.87. The smallest absolute Gasteiger partial charge is 0.410 e. The molecule has 2 aromatic carbocycles. The van der Waals surface area contributed by atoms with E-state index < -0.39 is 0 Å². The molecule has 0 radical (unpaired) electrons. The van der Waals surface area contributed by atoms with Crippen molar-refractivity contribution in [3.63, 3.8) is 0 Å². The van der Waals surface area contributed by atoms with Gasteiger partial charge in [0.1, 0.15) is 6.61 Å². The fraction of sp³-hybridized carbons (Fsp3) is 0.409. The molecule has 1 heterocycles. The van der Waals surface area contributed by atoms with E-state index in [0.717, 1.165) is 44.5 Å². The second kappa shape index (κ2) is 11.0. The number of carbonyl (C=O) groups excluding carboxylic acids is 1. The van der Waals surface area contributed by atoms with Crippen LogP contribution in [0.25, 0.3) is 11.1 Å². The van der Waals surface area contributed by atoms with Gasteiger partial charge in [-0.1, -0.05) is 61.5 Å². The zero-order valence-electron chi connectivity index (χ0n) is 15.9. The van der Waals surface area contributed by atoms with Gasteiger partial charge in [-0.3, -0.25) is 0 Å². The molecule has 0 spiro atoms. The third kappa shape index (κ3) is 5.98. The number of hydrogen-bond donors (Lipinski definition) is 1. The summed E-state index contributed by atoms with van der Waals surface area (Å²) in [4.78, 5) is 14.5. The predicted octanol–water partition coefficient (Wildman–Crippen LogP) is 4.88. The molecule has 0 saturated carbocycles. The van der Waals surface area contributed by atoms with E-state index in [1.165, 1.54) is 11.1 Å². The second-order valence-corrected chi connectivity index (χ2v) is 6.79. The van der Waals surface area contributed by atoms with Crippen LogP contribution in [-0.4, -0.2) is 36.7 Å². The largest absolute Gasteiger partial charge is 0.445 e. The Hall–Kier alpha value is -2.04. The molecule has 1 fully saturated rings. The van der Waals surface area contributed by atoms with E-state index in [4.69, 9.17) is 4.74 Å². The third-order valence-electron chi connectivity index (χ3n) is 4.87. The molecule has 146 valence electrons. The Morgan fingerprint density at radius 3 is 2.30 bits per heavy atom. The van der Waals surface area contributed by atoms with Gasteiger partial charge >= 0.3 is 6.09 Å². The van der Waals surface area contributed by atoms with Gasteiger partial charge in [-0.2, -0.15) is 0 Å². The van der Waals surface area contributed by atoms with Crippen LogP contribution in [0.2, 0.25) is 0 Å². The van der Waals surface area contributed by atoms with Crippen LogP contribution in [0.3, 0.4) is 0 Å². The van der Waals surface area contributed by atoms with Gasteiger partial charge in [-0.15, -0.1) is 12.4 Å². The summed E-state index contributed by atoms with van der Waals surface area (Å²) in [5.41, 5.74) is 3.37. The van der Waals surface area contributed by atoms with Crippen molar-refractivity contribution >= 4 is 18.5 Å². The Bertz CT molecular complexity index is 685. The number of hydrogen-bond acceptors (Lipinski definition) is 3. The lowest BCUT2D eigenvalue weighted by Crippen LogP contribution is -2.46. The first-order valence-electron chi connectivity index (χ1n) is 9.56. The fourth-order valence-electron chi connectivity index (χ4n) is 3.43. The maximum Gasteiger partial charge on any atom is 0.410 e. The van der Waals surface area contributed by atoms with Gasteiger partial charge in [-0.05, 0) is 49.0 Å². The fourth-order valence-corrected chi connectivity index (χ4v) is 3.43. The first-order valence-corrected chi connectivity index (χ1v) is 9.56. The SMILES string of the molecule is CCCN(C(=O)OCc1ccc(-c2ccccc2)cc1)C1CCNCC1.Cl. The number of amides is 1. The van der Waals surface area contributed by atoms with Gasteiger partial charge in [0, 0.05) is 12.6 Å². The van der Waals surface area contributed by atoms with Crippen molar-refractivity contribution < 1.29 is 9.53 Å². The first kappa shape index (κ1) is 21.3. The Morgan fingerprint density at radius 2 is 1.67 bits per heavy atom. The molecule has 1 amide bonds. The van der Waals surface area contributed by atoms with Crippen molar-refractivity contribution in [2.24, 2.45) is 0 Å². The lowest BCUT2D eigenvalue weighted by atomic mass is 10.0. The molecule has 3 rings (SSSR count). The summed E-state index contributed by atoms with van der Waals surface area (Å²) in [5, 5.41) is 3.35. The number of nitrogens with one attached hydrogen (secondary N) is 1. The Kier molecular flexibility index (Phi) is 8.62. The highest BCUT2D eigenvalue weighted by Crippen LogP contribution is 2.20. The molecule has 2 aromatic rings. The number of piperidine rings is 1. The Labute approximate surface area is 168 Å². The van der Waals surface area contributed by atoms with E-state index in [1.54, 1.807) is 0 Å². The highest BCUT2D eigenvalue weighted by atomic mass is 35.5. The summed E-state index contributed by atoms with van der Waals surface area (Å²) in [6.45, 7) is 5.12. The van der Waals surface area contributed by atoms with Crippen LogP contribution < -0.4 is 5.32 Å². The average molecular weight is 389 g/mol. The maximum absolute atomic E-state index is 12.6. The topological polar surface area (TPSA) is 41.6 Å². The molecule has 0 atom stereocenters. The summed E-state index contributed by atoms with van der Waals surface area (Å²) in [6, 6.07) is 18.8. The summed E-state index contributed by atoms with van der Waals surface area (Å²) >= 11 is 0. The molecule has 1 saturated heterocycles. The van der Waals surface area contributed by atoms with Crippen LogP contribution in [0.4, 0.5) is 4.79 Å². The molecular formula is C22H29ClN2O2. The van der Waals surface area contributed by atoms with E-state index in [-0.39, 0.29) is 18.5 Å². The minimum Gasteiger partial charge on any atom is -0.445 e.